The summed E-state index contributed by atoms with van der Waals surface area (Å²) >= 11 is 0. The summed E-state index contributed by atoms with van der Waals surface area (Å²) in [6.45, 7) is -0.337. The molecule has 3 N–H and O–H groups in total. The summed E-state index contributed by atoms with van der Waals surface area (Å²) in [6.07, 6.45) is 0.311. The lowest BCUT2D eigenvalue weighted by molar-refractivity contribution is -0.0306. The molecule has 0 spiro atoms. The molecule has 1 fully saturated rings. The average Bonchev–Trinajstić information content (AvgIpc) is 2.47. The summed E-state index contributed by atoms with van der Waals surface area (Å²) in [5.74, 6) is 0. The molecule has 0 amide bonds. The van der Waals surface area contributed by atoms with Crippen molar-refractivity contribution >= 4 is 0 Å². The summed E-state index contributed by atoms with van der Waals surface area (Å²) < 4.78 is 0. The topological polar surface area (TPSA) is 60.7 Å². The zero-order valence-electron chi connectivity index (χ0n) is 4.54. The van der Waals surface area contributed by atoms with Gasteiger partial charge >= 0.3 is 0 Å². The maximum atomic E-state index is 8.99. The second kappa shape index (κ2) is 1.69. The number of rotatable bonds is 2. The first-order chi connectivity index (χ1) is 3.69. The lowest BCUT2D eigenvalue weighted by Crippen LogP contribution is -2.30. The smallest absolute Gasteiger partial charge is 0.106 e. The first kappa shape index (κ1) is 6.01. The van der Waals surface area contributed by atoms with Gasteiger partial charge in [0.25, 0.3) is 0 Å². The molecule has 1 aliphatic carbocycles. The summed E-state index contributed by atoms with van der Waals surface area (Å²) in [5, 5.41) is 26.0. The van der Waals surface area contributed by atoms with Crippen molar-refractivity contribution in [3.63, 3.8) is 0 Å². The molecule has 8 heavy (non-hydrogen) atoms. The van der Waals surface area contributed by atoms with Gasteiger partial charge in [0.2, 0.25) is 0 Å². The van der Waals surface area contributed by atoms with Crippen LogP contribution in [0.5, 0.6) is 0 Å². The van der Waals surface area contributed by atoms with Gasteiger partial charge in [0, 0.05) is 0 Å². The lowest BCUT2D eigenvalue weighted by Gasteiger charge is -2.11. The molecule has 0 aromatic carbocycles. The molecule has 0 radical (unpaired) electrons. The van der Waals surface area contributed by atoms with Crippen molar-refractivity contribution in [2.45, 2.75) is 24.5 Å². The third kappa shape index (κ3) is 0.844. The second-order valence-electron chi connectivity index (χ2n) is 2.30. The van der Waals surface area contributed by atoms with Gasteiger partial charge in [-0.2, -0.15) is 0 Å². The highest BCUT2D eigenvalue weighted by Gasteiger charge is 2.46. The highest BCUT2D eigenvalue weighted by atomic mass is 16.4. The van der Waals surface area contributed by atoms with Crippen LogP contribution in [-0.2, 0) is 0 Å². The van der Waals surface area contributed by atoms with Crippen LogP contribution in [0.15, 0.2) is 0 Å². The SMILES string of the molecule is OC[C@@H](O)C1(O)CC1. The molecule has 0 aromatic heterocycles. The number of aliphatic hydroxyl groups is 3. The Kier molecular flexibility index (Phi) is 1.27. The van der Waals surface area contributed by atoms with Gasteiger partial charge in [-0.15, -0.1) is 0 Å². The zero-order chi connectivity index (χ0) is 6.20. The van der Waals surface area contributed by atoms with Crippen molar-refractivity contribution in [3.05, 3.63) is 0 Å². The molecule has 0 bridgehead atoms. The highest BCUT2D eigenvalue weighted by molar-refractivity contribution is 4.99. The van der Waals surface area contributed by atoms with Gasteiger partial charge in [-0.1, -0.05) is 0 Å². The van der Waals surface area contributed by atoms with E-state index in [1.54, 1.807) is 0 Å². The van der Waals surface area contributed by atoms with Gasteiger partial charge in [0.05, 0.1) is 12.2 Å². The van der Waals surface area contributed by atoms with Crippen LogP contribution in [0.25, 0.3) is 0 Å². The molecule has 1 aliphatic rings. The molecule has 0 heterocycles. The van der Waals surface area contributed by atoms with Crippen LogP contribution in [0.1, 0.15) is 12.8 Å². The third-order valence-corrected chi connectivity index (χ3v) is 1.56. The Morgan fingerprint density at radius 2 is 2.00 bits per heavy atom. The summed E-state index contributed by atoms with van der Waals surface area (Å²) in [5.41, 5.74) is -0.936. The van der Waals surface area contributed by atoms with Crippen LogP contribution in [0.3, 0.4) is 0 Å². The van der Waals surface area contributed by atoms with Gasteiger partial charge < -0.3 is 15.3 Å². The van der Waals surface area contributed by atoms with Crippen LogP contribution in [0.2, 0.25) is 0 Å². The van der Waals surface area contributed by atoms with Crippen LogP contribution < -0.4 is 0 Å². The number of hydrogen-bond donors (Lipinski definition) is 3. The largest absolute Gasteiger partial charge is 0.394 e. The normalized spacial score (nSPS) is 27.4. The van der Waals surface area contributed by atoms with Crippen LogP contribution >= 0.6 is 0 Å². The van der Waals surface area contributed by atoms with E-state index in [0.29, 0.717) is 12.8 Å². The fraction of sp³-hybridized carbons (Fsp3) is 1.00. The predicted molar refractivity (Wildman–Crippen MR) is 27.3 cm³/mol. The maximum Gasteiger partial charge on any atom is 0.106 e. The second-order valence-corrected chi connectivity index (χ2v) is 2.30. The molecular formula is C5H10O3. The minimum Gasteiger partial charge on any atom is -0.394 e. The molecule has 3 heteroatoms. The Labute approximate surface area is 47.6 Å². The van der Waals surface area contributed by atoms with Crippen molar-refractivity contribution in [3.8, 4) is 0 Å². The van der Waals surface area contributed by atoms with Crippen molar-refractivity contribution in [2.24, 2.45) is 0 Å². The van der Waals surface area contributed by atoms with E-state index in [9.17, 15) is 0 Å². The van der Waals surface area contributed by atoms with E-state index in [-0.39, 0.29) is 6.61 Å². The van der Waals surface area contributed by atoms with Crippen molar-refractivity contribution in [2.75, 3.05) is 6.61 Å². The van der Waals surface area contributed by atoms with Crippen LogP contribution in [0, 0.1) is 0 Å². The quantitative estimate of drug-likeness (QED) is 0.429. The van der Waals surface area contributed by atoms with Gasteiger partial charge in [0.1, 0.15) is 6.10 Å². The first-order valence-corrected chi connectivity index (χ1v) is 2.70. The molecule has 1 atom stereocenters. The maximum absolute atomic E-state index is 8.99. The molecule has 1 rings (SSSR count). The average molecular weight is 118 g/mol. The Bertz CT molecular complexity index is 87.7. The van der Waals surface area contributed by atoms with Crippen molar-refractivity contribution in [1.82, 2.24) is 0 Å². The van der Waals surface area contributed by atoms with E-state index >= 15 is 0 Å². The Hall–Kier alpha value is -0.120. The minimum absolute atomic E-state index is 0.337. The lowest BCUT2D eigenvalue weighted by atomic mass is 10.2. The monoisotopic (exact) mass is 118 g/mol. The van der Waals surface area contributed by atoms with E-state index in [4.69, 9.17) is 15.3 Å². The summed E-state index contributed by atoms with van der Waals surface area (Å²) in [6, 6.07) is 0. The number of hydrogen-bond acceptors (Lipinski definition) is 3. The van der Waals surface area contributed by atoms with Gasteiger partial charge in [-0.25, -0.2) is 0 Å². The highest BCUT2D eigenvalue weighted by Crippen LogP contribution is 2.37. The fourth-order valence-electron chi connectivity index (χ4n) is 0.631. The molecule has 0 unspecified atom stereocenters. The summed E-state index contributed by atoms with van der Waals surface area (Å²) in [4.78, 5) is 0. The van der Waals surface area contributed by atoms with Gasteiger partial charge in [0.15, 0.2) is 0 Å². The Morgan fingerprint density at radius 3 is 2.12 bits per heavy atom. The fourth-order valence-corrected chi connectivity index (χ4v) is 0.631. The van der Waals surface area contributed by atoms with Crippen LogP contribution in [0.4, 0.5) is 0 Å². The van der Waals surface area contributed by atoms with Gasteiger partial charge in [-0.3, -0.25) is 0 Å². The van der Waals surface area contributed by atoms with Gasteiger partial charge in [-0.05, 0) is 12.8 Å². The van der Waals surface area contributed by atoms with Crippen molar-refractivity contribution < 1.29 is 15.3 Å². The molecule has 0 aliphatic heterocycles. The number of aliphatic hydroxyl groups excluding tert-OH is 2. The third-order valence-electron chi connectivity index (χ3n) is 1.56. The molecular weight excluding hydrogens is 108 g/mol. The molecule has 1 saturated carbocycles. The van der Waals surface area contributed by atoms with E-state index in [0.717, 1.165) is 0 Å². The van der Waals surface area contributed by atoms with Crippen LogP contribution in [-0.4, -0.2) is 33.6 Å². The summed E-state index contributed by atoms with van der Waals surface area (Å²) in [7, 11) is 0. The van der Waals surface area contributed by atoms with Crippen molar-refractivity contribution in [1.29, 1.82) is 0 Å². The molecule has 0 saturated heterocycles. The van der Waals surface area contributed by atoms with E-state index in [1.165, 1.54) is 0 Å². The van der Waals surface area contributed by atoms with E-state index < -0.39 is 11.7 Å². The van der Waals surface area contributed by atoms with E-state index in [1.807, 2.05) is 0 Å². The minimum atomic E-state index is -0.936. The molecule has 3 nitrogen and oxygen atoms in total. The predicted octanol–water partition coefficient (Wildman–Crippen LogP) is -1.14. The Balaban J connectivity index is 2.34. The molecule has 0 aromatic rings. The Morgan fingerprint density at radius 1 is 1.50 bits per heavy atom. The van der Waals surface area contributed by atoms with E-state index in [2.05, 4.69) is 0 Å². The molecule has 48 valence electrons. The standard InChI is InChI=1S/C5H10O3/c6-3-4(7)5(8)1-2-5/h4,6-8H,1-3H2/t4-/m1/s1. The zero-order valence-corrected chi connectivity index (χ0v) is 4.54. The first-order valence-electron chi connectivity index (χ1n) is 2.70.